The molecule has 0 saturated heterocycles. The van der Waals surface area contributed by atoms with Crippen LogP contribution in [0.25, 0.3) is 0 Å². The zero-order valence-corrected chi connectivity index (χ0v) is 14.2. The number of halogens is 2. The van der Waals surface area contributed by atoms with E-state index in [2.05, 4.69) is 34.3 Å². The van der Waals surface area contributed by atoms with Crippen molar-refractivity contribution in [3.05, 3.63) is 53.4 Å². The van der Waals surface area contributed by atoms with Crippen molar-refractivity contribution < 1.29 is 0 Å². The van der Waals surface area contributed by atoms with Crippen LogP contribution in [0, 0.1) is 4.91 Å². The van der Waals surface area contributed by atoms with Gasteiger partial charge in [-0.15, -0.1) is 28.1 Å². The van der Waals surface area contributed by atoms with Crippen molar-refractivity contribution in [3.63, 3.8) is 0 Å². The van der Waals surface area contributed by atoms with E-state index in [0.717, 1.165) is 28.6 Å². The first kappa shape index (κ1) is 17.1. The molecule has 3 nitrogen and oxygen atoms in total. The van der Waals surface area contributed by atoms with Crippen molar-refractivity contribution in [2.24, 2.45) is 5.18 Å². The van der Waals surface area contributed by atoms with Crippen molar-refractivity contribution in [2.75, 3.05) is 29.7 Å². The predicted molar refractivity (Wildman–Crippen MR) is 96.1 cm³/mol. The number of nitrogens with zero attached hydrogens (tertiary/aromatic N) is 2. The van der Waals surface area contributed by atoms with E-state index in [1.54, 1.807) is 23.9 Å². The SMILES string of the molecule is O=Nc1ccc(Sc2ccc(N(CCCl)CCCl)cc2)cc1. The molecule has 6 heteroatoms. The molecule has 0 aliphatic carbocycles. The summed E-state index contributed by atoms with van der Waals surface area (Å²) in [5.41, 5.74) is 1.56. The highest BCUT2D eigenvalue weighted by Gasteiger charge is 2.05. The third-order valence-electron chi connectivity index (χ3n) is 3.09. The van der Waals surface area contributed by atoms with Gasteiger partial charge < -0.3 is 4.90 Å². The van der Waals surface area contributed by atoms with E-state index in [0.29, 0.717) is 17.4 Å². The van der Waals surface area contributed by atoms with Gasteiger partial charge in [-0.05, 0) is 53.7 Å². The largest absolute Gasteiger partial charge is 0.369 e. The van der Waals surface area contributed by atoms with Gasteiger partial charge in [0.05, 0.1) is 0 Å². The normalized spacial score (nSPS) is 10.5. The maximum atomic E-state index is 10.4. The van der Waals surface area contributed by atoms with Crippen LogP contribution in [0.3, 0.4) is 0 Å². The van der Waals surface area contributed by atoms with E-state index in [-0.39, 0.29) is 0 Å². The smallest absolute Gasteiger partial charge is 0.108 e. The van der Waals surface area contributed by atoms with Crippen LogP contribution in [-0.4, -0.2) is 24.8 Å². The summed E-state index contributed by atoms with van der Waals surface area (Å²) < 4.78 is 0. The Kier molecular flexibility index (Phi) is 7.03. The van der Waals surface area contributed by atoms with Crippen LogP contribution in [-0.2, 0) is 0 Å². The lowest BCUT2D eigenvalue weighted by atomic mass is 10.3. The molecule has 0 fully saturated rings. The molecule has 0 aliphatic heterocycles. The molecule has 2 aromatic rings. The van der Waals surface area contributed by atoms with Crippen molar-refractivity contribution in [1.29, 1.82) is 0 Å². The van der Waals surface area contributed by atoms with E-state index in [4.69, 9.17) is 23.2 Å². The van der Waals surface area contributed by atoms with Gasteiger partial charge in [-0.25, -0.2) is 0 Å². The molecule has 2 aromatic carbocycles. The highest BCUT2D eigenvalue weighted by atomic mass is 35.5. The van der Waals surface area contributed by atoms with E-state index in [9.17, 15) is 4.91 Å². The summed E-state index contributed by atoms with van der Waals surface area (Å²) in [4.78, 5) is 14.8. The average molecular weight is 355 g/mol. The fourth-order valence-corrected chi connectivity index (χ4v) is 3.23. The number of benzene rings is 2. The minimum Gasteiger partial charge on any atom is -0.369 e. The molecule has 0 N–H and O–H groups in total. The van der Waals surface area contributed by atoms with Crippen LogP contribution in [0.2, 0.25) is 0 Å². The van der Waals surface area contributed by atoms with Crippen molar-refractivity contribution in [3.8, 4) is 0 Å². The quantitative estimate of drug-likeness (QED) is 0.462. The van der Waals surface area contributed by atoms with E-state index in [1.807, 2.05) is 12.1 Å². The Hall–Kier alpha value is -1.23. The number of hydrogen-bond acceptors (Lipinski definition) is 4. The maximum absolute atomic E-state index is 10.4. The van der Waals surface area contributed by atoms with Crippen molar-refractivity contribution >= 4 is 46.3 Å². The van der Waals surface area contributed by atoms with Crippen LogP contribution in [0.5, 0.6) is 0 Å². The Morgan fingerprint density at radius 1 is 0.864 bits per heavy atom. The minimum absolute atomic E-state index is 0.442. The van der Waals surface area contributed by atoms with E-state index >= 15 is 0 Å². The Bertz CT molecular complexity index is 584. The molecule has 0 aliphatic rings. The summed E-state index contributed by atoms with van der Waals surface area (Å²) in [5.74, 6) is 1.15. The van der Waals surface area contributed by atoms with Crippen molar-refractivity contribution in [2.45, 2.75) is 9.79 Å². The molecule has 0 atom stereocenters. The van der Waals surface area contributed by atoms with Crippen LogP contribution >= 0.6 is 35.0 Å². The standard InChI is InChI=1S/C16H16Cl2N2OS/c17-9-11-20(12-10-18)14-3-7-16(8-4-14)22-15-5-1-13(19-21)2-6-15/h1-8H,9-12H2. The van der Waals surface area contributed by atoms with E-state index < -0.39 is 0 Å². The number of nitroso groups, excluding NO2 is 1. The lowest BCUT2D eigenvalue weighted by Gasteiger charge is -2.22. The maximum Gasteiger partial charge on any atom is 0.108 e. The molecular weight excluding hydrogens is 339 g/mol. The van der Waals surface area contributed by atoms with Crippen LogP contribution in [0.15, 0.2) is 63.5 Å². The molecule has 0 saturated carbocycles. The first-order valence-corrected chi connectivity index (χ1v) is 8.73. The Morgan fingerprint density at radius 2 is 1.36 bits per heavy atom. The molecular formula is C16H16Cl2N2OS. The molecule has 0 radical (unpaired) electrons. The molecule has 0 spiro atoms. The van der Waals surface area contributed by atoms with Crippen molar-refractivity contribution in [1.82, 2.24) is 0 Å². The third-order valence-corrected chi connectivity index (χ3v) is 4.44. The zero-order valence-electron chi connectivity index (χ0n) is 11.9. The molecule has 0 amide bonds. The van der Waals surface area contributed by atoms with Gasteiger partial charge in [0, 0.05) is 40.3 Å². The predicted octanol–water partition coefficient (Wildman–Crippen LogP) is 5.52. The highest BCUT2D eigenvalue weighted by molar-refractivity contribution is 7.99. The van der Waals surface area contributed by atoms with Gasteiger partial charge >= 0.3 is 0 Å². The Labute approximate surface area is 144 Å². The van der Waals surface area contributed by atoms with Gasteiger partial charge in [0.2, 0.25) is 0 Å². The molecule has 0 aromatic heterocycles. The first-order chi connectivity index (χ1) is 10.8. The molecule has 0 heterocycles. The Balaban J connectivity index is 2.05. The van der Waals surface area contributed by atoms with E-state index in [1.165, 1.54) is 0 Å². The number of hydrogen-bond donors (Lipinski definition) is 0. The molecule has 0 unspecified atom stereocenters. The second-order valence-corrected chi connectivity index (χ2v) is 6.45. The van der Waals surface area contributed by atoms with Crippen LogP contribution in [0.4, 0.5) is 11.4 Å². The summed E-state index contributed by atoms with van der Waals surface area (Å²) in [7, 11) is 0. The van der Waals surface area contributed by atoms with Crippen LogP contribution in [0.1, 0.15) is 0 Å². The topological polar surface area (TPSA) is 32.7 Å². The number of anilines is 1. The second-order valence-electron chi connectivity index (χ2n) is 4.55. The lowest BCUT2D eigenvalue weighted by Crippen LogP contribution is -2.27. The average Bonchev–Trinajstić information content (AvgIpc) is 2.56. The fraction of sp³-hybridized carbons (Fsp3) is 0.250. The molecule has 2 rings (SSSR count). The van der Waals surface area contributed by atoms with Gasteiger partial charge in [0.15, 0.2) is 0 Å². The third kappa shape index (κ3) is 4.90. The highest BCUT2D eigenvalue weighted by Crippen LogP contribution is 2.30. The number of alkyl halides is 2. The summed E-state index contributed by atoms with van der Waals surface area (Å²) >= 11 is 13.3. The van der Waals surface area contributed by atoms with Gasteiger partial charge in [-0.1, -0.05) is 11.8 Å². The summed E-state index contributed by atoms with van der Waals surface area (Å²) in [5, 5.41) is 2.90. The fourth-order valence-electron chi connectivity index (χ4n) is 2.01. The summed E-state index contributed by atoms with van der Waals surface area (Å²) in [6.07, 6.45) is 0. The Morgan fingerprint density at radius 3 is 1.82 bits per heavy atom. The van der Waals surface area contributed by atoms with Crippen LogP contribution < -0.4 is 4.90 Å². The summed E-state index contributed by atoms with van der Waals surface area (Å²) in [6.45, 7) is 1.56. The molecule has 116 valence electrons. The van der Waals surface area contributed by atoms with Gasteiger partial charge in [-0.2, -0.15) is 0 Å². The van der Waals surface area contributed by atoms with Gasteiger partial charge in [0.25, 0.3) is 0 Å². The van der Waals surface area contributed by atoms with Gasteiger partial charge in [0.1, 0.15) is 5.69 Å². The summed E-state index contributed by atoms with van der Waals surface area (Å²) in [6, 6.07) is 15.5. The lowest BCUT2D eigenvalue weighted by molar-refractivity contribution is 0.873. The molecule has 0 bridgehead atoms. The zero-order chi connectivity index (χ0) is 15.8. The number of rotatable bonds is 8. The van der Waals surface area contributed by atoms with Gasteiger partial charge in [-0.3, -0.25) is 0 Å². The molecule has 22 heavy (non-hydrogen) atoms. The minimum atomic E-state index is 0.442. The second kappa shape index (κ2) is 9.03. The monoisotopic (exact) mass is 354 g/mol. The first-order valence-electron chi connectivity index (χ1n) is 6.85.